The summed E-state index contributed by atoms with van der Waals surface area (Å²) in [5.41, 5.74) is 1.75. The molecule has 0 fully saturated rings. The second kappa shape index (κ2) is 7.79. The van der Waals surface area contributed by atoms with Gasteiger partial charge in [0, 0.05) is 24.7 Å². The maximum absolute atomic E-state index is 12.8. The van der Waals surface area contributed by atoms with Gasteiger partial charge < -0.3 is 20.1 Å². The summed E-state index contributed by atoms with van der Waals surface area (Å²) in [4.78, 5) is 11.9. The van der Waals surface area contributed by atoms with Crippen LogP contribution in [0, 0.1) is 5.82 Å². The van der Waals surface area contributed by atoms with Gasteiger partial charge in [-0.25, -0.2) is 4.39 Å². The molecular weight excluding hydrogens is 311 g/mol. The molecule has 0 spiro atoms. The van der Waals surface area contributed by atoms with Crippen LogP contribution in [-0.4, -0.2) is 25.8 Å². The van der Waals surface area contributed by atoms with Crippen molar-refractivity contribution in [3.8, 4) is 11.5 Å². The summed E-state index contributed by atoms with van der Waals surface area (Å²) < 4.78 is 23.3. The zero-order chi connectivity index (χ0) is 16.8. The summed E-state index contributed by atoms with van der Waals surface area (Å²) in [5, 5.41) is 6.04. The Morgan fingerprint density at radius 1 is 1.04 bits per heavy atom. The van der Waals surface area contributed by atoms with Crippen molar-refractivity contribution in [3.05, 3.63) is 53.8 Å². The van der Waals surface area contributed by atoms with Crippen molar-refractivity contribution in [3.63, 3.8) is 0 Å². The number of carbonyl (C=O) groups excluding carboxylic acids is 1. The van der Waals surface area contributed by atoms with Gasteiger partial charge in [0.2, 0.25) is 12.7 Å². The average Bonchev–Trinajstić information content (AvgIpc) is 3.04. The molecule has 126 valence electrons. The van der Waals surface area contributed by atoms with E-state index in [1.165, 1.54) is 12.1 Å². The number of fused-ring (bicyclic) bond motifs is 1. The molecule has 24 heavy (non-hydrogen) atoms. The van der Waals surface area contributed by atoms with E-state index in [0.29, 0.717) is 30.2 Å². The van der Waals surface area contributed by atoms with Gasteiger partial charge in [0.15, 0.2) is 11.5 Å². The van der Waals surface area contributed by atoms with Crippen molar-refractivity contribution >= 4 is 11.6 Å². The number of ether oxygens (including phenoxy) is 2. The van der Waals surface area contributed by atoms with Gasteiger partial charge in [-0.2, -0.15) is 0 Å². The highest BCUT2D eigenvalue weighted by atomic mass is 19.1. The Labute approximate surface area is 139 Å². The fraction of sp³-hybridized carbons (Fsp3) is 0.278. The molecule has 1 aliphatic rings. The smallest absolute Gasteiger partial charge is 0.231 e. The SMILES string of the molecule is O=C(CCNCCc1ccc(F)cc1)Nc1ccc2c(c1)OCO2. The van der Waals surface area contributed by atoms with Gasteiger partial charge >= 0.3 is 0 Å². The van der Waals surface area contributed by atoms with E-state index in [-0.39, 0.29) is 18.5 Å². The molecule has 5 nitrogen and oxygen atoms in total. The van der Waals surface area contributed by atoms with Crippen LogP contribution in [0.1, 0.15) is 12.0 Å². The van der Waals surface area contributed by atoms with Crippen molar-refractivity contribution in [2.45, 2.75) is 12.8 Å². The lowest BCUT2D eigenvalue weighted by Crippen LogP contribution is -2.23. The second-order valence-corrected chi connectivity index (χ2v) is 5.49. The molecule has 2 aromatic rings. The molecular formula is C18H19FN2O3. The van der Waals surface area contributed by atoms with Crippen LogP contribution in [0.25, 0.3) is 0 Å². The average molecular weight is 330 g/mol. The van der Waals surface area contributed by atoms with Crippen LogP contribution in [-0.2, 0) is 11.2 Å². The Balaban J connectivity index is 1.34. The number of halogens is 1. The highest BCUT2D eigenvalue weighted by Crippen LogP contribution is 2.34. The van der Waals surface area contributed by atoms with Crippen LogP contribution in [0.4, 0.5) is 10.1 Å². The summed E-state index contributed by atoms with van der Waals surface area (Å²) in [6, 6.07) is 11.8. The first-order valence-electron chi connectivity index (χ1n) is 7.85. The largest absolute Gasteiger partial charge is 0.454 e. The molecule has 0 bridgehead atoms. The lowest BCUT2D eigenvalue weighted by atomic mass is 10.1. The number of rotatable bonds is 7. The highest BCUT2D eigenvalue weighted by Gasteiger charge is 2.13. The number of hydrogen-bond acceptors (Lipinski definition) is 4. The summed E-state index contributed by atoms with van der Waals surface area (Å²) in [6.07, 6.45) is 1.17. The Hall–Kier alpha value is -2.60. The van der Waals surface area contributed by atoms with Gasteiger partial charge in [0.1, 0.15) is 5.82 Å². The third-order valence-corrected chi connectivity index (χ3v) is 3.69. The van der Waals surface area contributed by atoms with E-state index in [4.69, 9.17) is 9.47 Å². The van der Waals surface area contributed by atoms with Crippen LogP contribution in [0.15, 0.2) is 42.5 Å². The number of benzene rings is 2. The van der Waals surface area contributed by atoms with E-state index in [9.17, 15) is 9.18 Å². The fourth-order valence-electron chi connectivity index (χ4n) is 2.41. The molecule has 0 aromatic heterocycles. The molecule has 0 unspecified atom stereocenters. The Morgan fingerprint density at radius 3 is 2.67 bits per heavy atom. The van der Waals surface area contributed by atoms with Gasteiger partial charge in [-0.15, -0.1) is 0 Å². The van der Waals surface area contributed by atoms with Crippen molar-refractivity contribution in [1.82, 2.24) is 5.32 Å². The first kappa shape index (κ1) is 16.3. The Kier molecular flexibility index (Phi) is 5.28. The lowest BCUT2D eigenvalue weighted by Gasteiger charge is -2.07. The van der Waals surface area contributed by atoms with Gasteiger partial charge in [0.25, 0.3) is 0 Å². The van der Waals surface area contributed by atoms with E-state index in [1.54, 1.807) is 30.3 Å². The number of carbonyl (C=O) groups is 1. The minimum Gasteiger partial charge on any atom is -0.454 e. The minimum absolute atomic E-state index is 0.0665. The predicted octanol–water partition coefficient (Wildman–Crippen LogP) is 2.72. The van der Waals surface area contributed by atoms with Crippen molar-refractivity contribution in [1.29, 1.82) is 0 Å². The van der Waals surface area contributed by atoms with E-state index >= 15 is 0 Å². The van der Waals surface area contributed by atoms with Crippen LogP contribution in [0.5, 0.6) is 11.5 Å². The van der Waals surface area contributed by atoms with Crippen molar-refractivity contribution < 1.29 is 18.7 Å². The topological polar surface area (TPSA) is 59.6 Å². The maximum atomic E-state index is 12.8. The van der Waals surface area contributed by atoms with Gasteiger partial charge in [-0.05, 0) is 42.8 Å². The zero-order valence-corrected chi connectivity index (χ0v) is 13.2. The molecule has 6 heteroatoms. The predicted molar refractivity (Wildman–Crippen MR) is 88.8 cm³/mol. The van der Waals surface area contributed by atoms with Crippen LogP contribution in [0.3, 0.4) is 0 Å². The van der Waals surface area contributed by atoms with Gasteiger partial charge in [-0.1, -0.05) is 12.1 Å². The minimum atomic E-state index is -0.230. The van der Waals surface area contributed by atoms with E-state index in [1.807, 2.05) is 0 Å². The van der Waals surface area contributed by atoms with Crippen molar-refractivity contribution in [2.24, 2.45) is 0 Å². The molecule has 0 atom stereocenters. The standard InChI is InChI=1S/C18H19FN2O3/c19-14-3-1-13(2-4-14)7-9-20-10-8-18(22)21-15-5-6-16-17(11-15)24-12-23-16/h1-6,11,20H,7-10,12H2,(H,21,22). The van der Waals surface area contributed by atoms with E-state index in [2.05, 4.69) is 10.6 Å². The highest BCUT2D eigenvalue weighted by molar-refractivity contribution is 5.91. The van der Waals surface area contributed by atoms with Gasteiger partial charge in [0.05, 0.1) is 0 Å². The quantitative estimate of drug-likeness (QED) is 0.767. The molecule has 1 amide bonds. The number of amides is 1. The fourth-order valence-corrected chi connectivity index (χ4v) is 2.41. The molecule has 0 aliphatic carbocycles. The normalized spacial score (nSPS) is 12.2. The summed E-state index contributed by atoms with van der Waals surface area (Å²) in [6.45, 7) is 1.53. The van der Waals surface area contributed by atoms with Crippen molar-refractivity contribution in [2.75, 3.05) is 25.2 Å². The van der Waals surface area contributed by atoms with Gasteiger partial charge in [-0.3, -0.25) is 4.79 Å². The Morgan fingerprint density at radius 2 is 1.83 bits per heavy atom. The molecule has 0 radical (unpaired) electrons. The molecule has 1 aliphatic heterocycles. The summed E-state index contributed by atoms with van der Waals surface area (Å²) >= 11 is 0. The number of anilines is 1. The summed E-state index contributed by atoms with van der Waals surface area (Å²) in [5.74, 6) is 1.04. The Bertz CT molecular complexity index is 704. The lowest BCUT2D eigenvalue weighted by molar-refractivity contribution is -0.116. The molecule has 0 saturated heterocycles. The zero-order valence-electron chi connectivity index (χ0n) is 13.2. The maximum Gasteiger partial charge on any atom is 0.231 e. The first-order valence-corrected chi connectivity index (χ1v) is 7.85. The van der Waals surface area contributed by atoms with E-state index in [0.717, 1.165) is 18.5 Å². The van der Waals surface area contributed by atoms with E-state index < -0.39 is 0 Å². The number of nitrogens with one attached hydrogen (secondary N) is 2. The molecule has 2 aromatic carbocycles. The second-order valence-electron chi connectivity index (χ2n) is 5.49. The molecule has 2 N–H and O–H groups in total. The van der Waals surface area contributed by atoms with Crippen LogP contribution < -0.4 is 20.1 Å². The number of hydrogen-bond donors (Lipinski definition) is 2. The molecule has 3 rings (SSSR count). The third kappa shape index (κ3) is 4.45. The van der Waals surface area contributed by atoms with Crippen LogP contribution in [0.2, 0.25) is 0 Å². The first-order chi connectivity index (χ1) is 11.7. The summed E-state index contributed by atoms with van der Waals surface area (Å²) in [7, 11) is 0. The van der Waals surface area contributed by atoms with Crippen LogP contribution >= 0.6 is 0 Å². The molecule has 1 heterocycles. The monoisotopic (exact) mass is 330 g/mol. The third-order valence-electron chi connectivity index (χ3n) is 3.69. The molecule has 0 saturated carbocycles.